The third-order valence-electron chi connectivity index (χ3n) is 4.09. The summed E-state index contributed by atoms with van der Waals surface area (Å²) in [6.45, 7) is 3.77. The van der Waals surface area contributed by atoms with Gasteiger partial charge in [-0.15, -0.1) is 0 Å². The van der Waals surface area contributed by atoms with Crippen LogP contribution in [-0.4, -0.2) is 28.8 Å². The number of hydrogen-bond donors (Lipinski definition) is 1. The molecule has 1 fully saturated rings. The molecule has 1 unspecified atom stereocenters. The van der Waals surface area contributed by atoms with Gasteiger partial charge in [-0.1, -0.05) is 11.6 Å². The number of aromatic nitrogens is 1. The van der Waals surface area contributed by atoms with Crippen LogP contribution < -0.4 is 4.90 Å². The van der Waals surface area contributed by atoms with Crippen LogP contribution in [0.5, 0.6) is 0 Å². The third-order valence-corrected chi connectivity index (χ3v) is 4.32. The number of hydrogen-bond acceptors (Lipinski definition) is 3. The molecular weight excluding hydrogens is 272 g/mol. The molecule has 2 aromatic rings. The Kier molecular flexibility index (Phi) is 3.57. The molecule has 0 radical (unpaired) electrons. The van der Waals surface area contributed by atoms with Crippen molar-refractivity contribution in [3.8, 4) is 0 Å². The van der Waals surface area contributed by atoms with Crippen molar-refractivity contribution < 1.29 is 5.11 Å². The Labute approximate surface area is 124 Å². The molecule has 106 valence electrons. The first-order valence-electron chi connectivity index (χ1n) is 7.07. The summed E-state index contributed by atoms with van der Waals surface area (Å²) in [5.74, 6) is 0. The minimum absolute atomic E-state index is 0.541. The molecule has 0 amide bonds. The standard InChI is InChI=1S/C16H19ClN2O/c1-16(20)6-2-9-19(10-7-16)15-5-8-18-14-11-12(17)3-4-13(14)15/h3-5,8,11,20H,2,6-7,9-10H2,1H3. The molecule has 1 aromatic heterocycles. The van der Waals surface area contributed by atoms with Crippen molar-refractivity contribution in [2.24, 2.45) is 0 Å². The number of benzene rings is 1. The predicted octanol–water partition coefficient (Wildman–Crippen LogP) is 3.63. The topological polar surface area (TPSA) is 36.4 Å². The fraction of sp³-hybridized carbons (Fsp3) is 0.438. The summed E-state index contributed by atoms with van der Waals surface area (Å²) in [4.78, 5) is 6.74. The first-order valence-corrected chi connectivity index (χ1v) is 7.45. The second-order valence-corrected chi connectivity index (χ2v) is 6.27. The minimum atomic E-state index is -0.541. The lowest BCUT2D eigenvalue weighted by Crippen LogP contribution is -2.28. The summed E-state index contributed by atoms with van der Waals surface area (Å²) >= 11 is 6.03. The summed E-state index contributed by atoms with van der Waals surface area (Å²) < 4.78 is 0. The van der Waals surface area contributed by atoms with E-state index in [4.69, 9.17) is 11.6 Å². The molecule has 0 saturated carbocycles. The van der Waals surface area contributed by atoms with Crippen molar-refractivity contribution >= 4 is 28.2 Å². The number of pyridine rings is 1. The molecule has 2 heterocycles. The average molecular weight is 291 g/mol. The van der Waals surface area contributed by atoms with Crippen LogP contribution in [-0.2, 0) is 0 Å². The van der Waals surface area contributed by atoms with E-state index in [0.717, 1.165) is 43.3 Å². The maximum Gasteiger partial charge on any atom is 0.0737 e. The van der Waals surface area contributed by atoms with Crippen LogP contribution in [0.2, 0.25) is 5.02 Å². The fourth-order valence-corrected chi connectivity index (χ4v) is 3.05. The van der Waals surface area contributed by atoms with Gasteiger partial charge in [0.2, 0.25) is 0 Å². The van der Waals surface area contributed by atoms with E-state index in [1.165, 1.54) is 5.69 Å². The number of anilines is 1. The summed E-state index contributed by atoms with van der Waals surface area (Å²) in [6.07, 6.45) is 4.49. The second-order valence-electron chi connectivity index (χ2n) is 5.83. The molecule has 20 heavy (non-hydrogen) atoms. The molecule has 4 heteroatoms. The van der Waals surface area contributed by atoms with E-state index >= 15 is 0 Å². The number of nitrogens with zero attached hydrogens (tertiary/aromatic N) is 2. The van der Waals surface area contributed by atoms with Crippen LogP contribution >= 0.6 is 11.6 Å². The van der Waals surface area contributed by atoms with Crippen molar-refractivity contribution in [3.63, 3.8) is 0 Å². The average Bonchev–Trinajstić information content (AvgIpc) is 2.59. The molecule has 0 aliphatic carbocycles. The summed E-state index contributed by atoms with van der Waals surface area (Å²) in [7, 11) is 0. The number of rotatable bonds is 1. The highest BCUT2D eigenvalue weighted by atomic mass is 35.5. The highest BCUT2D eigenvalue weighted by Gasteiger charge is 2.25. The van der Waals surface area contributed by atoms with Gasteiger partial charge in [0.05, 0.1) is 11.1 Å². The molecular formula is C16H19ClN2O. The zero-order valence-electron chi connectivity index (χ0n) is 11.6. The molecule has 1 saturated heterocycles. The van der Waals surface area contributed by atoms with Gasteiger partial charge in [-0.25, -0.2) is 0 Å². The van der Waals surface area contributed by atoms with E-state index in [2.05, 4.69) is 16.0 Å². The first kappa shape index (κ1) is 13.7. The van der Waals surface area contributed by atoms with Crippen LogP contribution in [0.25, 0.3) is 10.9 Å². The normalized spacial score (nSPS) is 23.9. The summed E-state index contributed by atoms with van der Waals surface area (Å²) in [5.41, 5.74) is 1.57. The largest absolute Gasteiger partial charge is 0.390 e. The number of aliphatic hydroxyl groups is 1. The Balaban J connectivity index is 1.97. The molecule has 1 aliphatic heterocycles. The van der Waals surface area contributed by atoms with Crippen LogP contribution in [0.15, 0.2) is 30.5 Å². The predicted molar refractivity (Wildman–Crippen MR) is 83.4 cm³/mol. The van der Waals surface area contributed by atoms with Crippen LogP contribution in [0.4, 0.5) is 5.69 Å². The minimum Gasteiger partial charge on any atom is -0.390 e. The number of fused-ring (bicyclic) bond motifs is 1. The smallest absolute Gasteiger partial charge is 0.0737 e. The van der Waals surface area contributed by atoms with Gasteiger partial charge < -0.3 is 10.0 Å². The van der Waals surface area contributed by atoms with Crippen LogP contribution in [0, 0.1) is 0 Å². The van der Waals surface area contributed by atoms with Gasteiger partial charge in [-0.3, -0.25) is 4.98 Å². The van der Waals surface area contributed by atoms with E-state index in [1.54, 1.807) is 0 Å². The van der Waals surface area contributed by atoms with Crippen molar-refractivity contribution in [2.45, 2.75) is 31.8 Å². The van der Waals surface area contributed by atoms with Gasteiger partial charge in [0, 0.05) is 35.4 Å². The summed E-state index contributed by atoms with van der Waals surface area (Å²) in [5, 5.41) is 12.0. The van der Waals surface area contributed by atoms with E-state index in [-0.39, 0.29) is 0 Å². The quantitative estimate of drug-likeness (QED) is 0.871. The Bertz CT molecular complexity index is 627. The zero-order chi connectivity index (χ0) is 14.2. The van der Waals surface area contributed by atoms with Crippen molar-refractivity contribution in [3.05, 3.63) is 35.5 Å². The fourth-order valence-electron chi connectivity index (χ4n) is 2.89. The highest BCUT2D eigenvalue weighted by Crippen LogP contribution is 2.30. The van der Waals surface area contributed by atoms with E-state index in [9.17, 15) is 5.11 Å². The SMILES string of the molecule is CC1(O)CCCN(c2ccnc3cc(Cl)ccc23)CC1. The number of halogens is 1. The Morgan fingerprint density at radius 3 is 2.95 bits per heavy atom. The van der Waals surface area contributed by atoms with E-state index in [0.29, 0.717) is 5.02 Å². The van der Waals surface area contributed by atoms with Gasteiger partial charge in [-0.2, -0.15) is 0 Å². The van der Waals surface area contributed by atoms with Gasteiger partial charge >= 0.3 is 0 Å². The van der Waals surface area contributed by atoms with Gasteiger partial charge in [0.1, 0.15) is 0 Å². The Morgan fingerprint density at radius 1 is 1.25 bits per heavy atom. The lowest BCUT2D eigenvalue weighted by Gasteiger charge is -2.25. The lowest BCUT2D eigenvalue weighted by molar-refractivity contribution is 0.0481. The molecule has 1 aliphatic rings. The van der Waals surface area contributed by atoms with E-state index < -0.39 is 5.60 Å². The molecule has 1 atom stereocenters. The maximum atomic E-state index is 10.2. The third kappa shape index (κ3) is 2.74. The maximum absolute atomic E-state index is 10.2. The monoisotopic (exact) mass is 290 g/mol. The van der Waals surface area contributed by atoms with Crippen molar-refractivity contribution in [1.29, 1.82) is 0 Å². The molecule has 0 bridgehead atoms. The molecule has 0 spiro atoms. The Morgan fingerprint density at radius 2 is 2.10 bits per heavy atom. The molecule has 3 rings (SSSR count). The highest BCUT2D eigenvalue weighted by molar-refractivity contribution is 6.31. The van der Waals surface area contributed by atoms with Gasteiger partial charge in [0.15, 0.2) is 0 Å². The van der Waals surface area contributed by atoms with Crippen molar-refractivity contribution in [2.75, 3.05) is 18.0 Å². The first-order chi connectivity index (χ1) is 9.55. The molecule has 1 aromatic carbocycles. The van der Waals surface area contributed by atoms with E-state index in [1.807, 2.05) is 31.3 Å². The van der Waals surface area contributed by atoms with Crippen molar-refractivity contribution in [1.82, 2.24) is 4.98 Å². The zero-order valence-corrected chi connectivity index (χ0v) is 12.4. The Hall–Kier alpha value is -1.32. The van der Waals surface area contributed by atoms with Gasteiger partial charge in [0.25, 0.3) is 0 Å². The molecule has 3 nitrogen and oxygen atoms in total. The molecule has 1 N–H and O–H groups in total. The second kappa shape index (κ2) is 5.23. The van der Waals surface area contributed by atoms with Gasteiger partial charge in [-0.05, 0) is 50.5 Å². The lowest BCUT2D eigenvalue weighted by atomic mass is 9.98. The van der Waals surface area contributed by atoms with Crippen LogP contribution in [0.1, 0.15) is 26.2 Å². The van der Waals surface area contributed by atoms with Crippen LogP contribution in [0.3, 0.4) is 0 Å². The summed E-state index contributed by atoms with van der Waals surface area (Å²) in [6, 6.07) is 7.89.